The van der Waals surface area contributed by atoms with Crippen molar-refractivity contribution in [2.24, 2.45) is 5.73 Å². The smallest absolute Gasteiger partial charge is 0.250 e. The highest BCUT2D eigenvalue weighted by atomic mass is 32.2. The summed E-state index contributed by atoms with van der Waals surface area (Å²) in [5.74, 6) is 0. The van der Waals surface area contributed by atoms with Crippen LogP contribution >= 0.6 is 11.3 Å². The molecule has 2 heterocycles. The first-order valence-electron chi connectivity index (χ1n) is 6.22. The number of pyridine rings is 1. The Kier molecular flexibility index (Phi) is 4.87. The predicted molar refractivity (Wildman–Crippen MR) is 80.1 cm³/mol. The van der Waals surface area contributed by atoms with Crippen LogP contribution in [0.3, 0.4) is 0 Å². The number of hydrogen-bond donors (Lipinski definition) is 2. The fourth-order valence-corrected chi connectivity index (χ4v) is 4.13. The van der Waals surface area contributed by atoms with Crippen molar-refractivity contribution in [1.82, 2.24) is 9.71 Å². The Bertz CT molecular complexity index is 680. The molecule has 7 heteroatoms. The van der Waals surface area contributed by atoms with Crippen molar-refractivity contribution >= 4 is 21.4 Å². The van der Waals surface area contributed by atoms with Gasteiger partial charge in [0.25, 0.3) is 0 Å². The number of aryl methyl sites for hydroxylation is 1. The van der Waals surface area contributed by atoms with Crippen LogP contribution in [0.25, 0.3) is 0 Å². The van der Waals surface area contributed by atoms with Crippen molar-refractivity contribution in [1.29, 1.82) is 0 Å². The number of aromatic nitrogens is 1. The average molecular weight is 311 g/mol. The lowest BCUT2D eigenvalue weighted by Gasteiger charge is -2.05. The molecule has 0 aliphatic rings. The highest BCUT2D eigenvalue weighted by Crippen LogP contribution is 2.21. The molecule has 0 bridgehead atoms. The van der Waals surface area contributed by atoms with Crippen molar-refractivity contribution in [2.45, 2.75) is 24.1 Å². The lowest BCUT2D eigenvalue weighted by Crippen LogP contribution is -2.23. The monoisotopic (exact) mass is 311 g/mol. The Morgan fingerprint density at radius 2 is 2.10 bits per heavy atom. The Labute approximate surface area is 122 Å². The van der Waals surface area contributed by atoms with Crippen LogP contribution in [-0.4, -0.2) is 19.9 Å². The van der Waals surface area contributed by atoms with Crippen LogP contribution in [0.5, 0.6) is 0 Å². The molecule has 0 amide bonds. The van der Waals surface area contributed by atoms with E-state index >= 15 is 0 Å². The van der Waals surface area contributed by atoms with E-state index in [4.69, 9.17) is 5.73 Å². The van der Waals surface area contributed by atoms with E-state index in [9.17, 15) is 8.42 Å². The number of rotatable bonds is 6. The van der Waals surface area contributed by atoms with Gasteiger partial charge in [0.05, 0.1) is 12.2 Å². The topological polar surface area (TPSA) is 85.1 Å². The fourth-order valence-electron chi connectivity index (χ4n) is 1.72. The van der Waals surface area contributed by atoms with Gasteiger partial charge in [-0.2, -0.15) is 0 Å². The standard InChI is InChI=1S/C13H17N3O2S2/c1-10-3-2-4-11(16-10)9-15-20(17,18)13-6-5-12(19-13)7-8-14/h2-6,15H,7-9,14H2,1H3. The van der Waals surface area contributed by atoms with Gasteiger partial charge in [0.2, 0.25) is 10.0 Å². The van der Waals surface area contributed by atoms with Crippen LogP contribution in [-0.2, 0) is 23.0 Å². The van der Waals surface area contributed by atoms with Gasteiger partial charge in [0, 0.05) is 10.6 Å². The molecule has 0 atom stereocenters. The minimum atomic E-state index is -3.48. The lowest BCUT2D eigenvalue weighted by molar-refractivity contribution is 0.582. The maximum Gasteiger partial charge on any atom is 0.250 e. The molecule has 0 aromatic carbocycles. The van der Waals surface area contributed by atoms with Gasteiger partial charge >= 0.3 is 0 Å². The second-order valence-corrected chi connectivity index (χ2v) is 7.52. The zero-order valence-electron chi connectivity index (χ0n) is 11.2. The molecule has 0 radical (unpaired) electrons. The van der Waals surface area contributed by atoms with Crippen molar-refractivity contribution in [3.05, 3.63) is 46.6 Å². The van der Waals surface area contributed by atoms with E-state index in [1.54, 1.807) is 18.2 Å². The maximum absolute atomic E-state index is 12.1. The molecule has 0 aliphatic heterocycles. The Hall–Kier alpha value is -1.28. The molecule has 0 saturated carbocycles. The van der Waals surface area contributed by atoms with Crippen LogP contribution in [0.1, 0.15) is 16.3 Å². The summed E-state index contributed by atoms with van der Waals surface area (Å²) in [5.41, 5.74) is 7.03. The summed E-state index contributed by atoms with van der Waals surface area (Å²) in [6, 6.07) is 8.94. The first-order chi connectivity index (χ1) is 9.51. The largest absolute Gasteiger partial charge is 0.330 e. The van der Waals surface area contributed by atoms with Gasteiger partial charge in [-0.3, -0.25) is 4.98 Å². The van der Waals surface area contributed by atoms with Crippen molar-refractivity contribution in [3.8, 4) is 0 Å². The van der Waals surface area contributed by atoms with Gasteiger partial charge in [0.1, 0.15) is 4.21 Å². The minimum absolute atomic E-state index is 0.189. The van der Waals surface area contributed by atoms with Gasteiger partial charge in [-0.25, -0.2) is 13.1 Å². The predicted octanol–water partition coefficient (Wildman–Crippen LogP) is 1.43. The molecule has 2 rings (SSSR count). The zero-order valence-corrected chi connectivity index (χ0v) is 12.8. The maximum atomic E-state index is 12.1. The van der Waals surface area contributed by atoms with Gasteiger partial charge in [-0.05, 0) is 44.2 Å². The van der Waals surface area contributed by atoms with Crippen molar-refractivity contribution in [2.75, 3.05) is 6.54 Å². The van der Waals surface area contributed by atoms with Gasteiger partial charge in [0.15, 0.2) is 0 Å². The molecule has 0 saturated heterocycles. The number of nitrogens with two attached hydrogens (primary N) is 1. The van der Waals surface area contributed by atoms with E-state index in [0.29, 0.717) is 22.9 Å². The number of sulfonamides is 1. The summed E-state index contributed by atoms with van der Waals surface area (Å²) in [6.45, 7) is 2.57. The number of nitrogens with zero attached hydrogens (tertiary/aromatic N) is 1. The molecule has 20 heavy (non-hydrogen) atoms. The minimum Gasteiger partial charge on any atom is -0.330 e. The summed E-state index contributed by atoms with van der Waals surface area (Å²) in [7, 11) is -3.48. The summed E-state index contributed by atoms with van der Waals surface area (Å²) in [6.07, 6.45) is 0.694. The quantitative estimate of drug-likeness (QED) is 0.845. The molecule has 5 nitrogen and oxygen atoms in total. The third-order valence-electron chi connectivity index (χ3n) is 2.68. The molecule has 108 valence electrons. The normalized spacial score (nSPS) is 11.7. The van der Waals surface area contributed by atoms with Crippen LogP contribution < -0.4 is 10.5 Å². The summed E-state index contributed by atoms with van der Waals surface area (Å²) >= 11 is 1.25. The first kappa shape index (κ1) is 15.1. The van der Waals surface area contributed by atoms with Gasteiger partial charge in [-0.1, -0.05) is 6.07 Å². The summed E-state index contributed by atoms with van der Waals surface area (Å²) in [5, 5.41) is 0. The Morgan fingerprint density at radius 1 is 1.30 bits per heavy atom. The highest BCUT2D eigenvalue weighted by molar-refractivity contribution is 7.91. The van der Waals surface area contributed by atoms with Gasteiger partial charge in [-0.15, -0.1) is 11.3 Å². The molecule has 3 N–H and O–H groups in total. The molecule has 0 spiro atoms. The molecule has 2 aromatic heterocycles. The van der Waals surface area contributed by atoms with Crippen LogP contribution in [0.4, 0.5) is 0 Å². The van der Waals surface area contributed by atoms with E-state index in [-0.39, 0.29) is 6.54 Å². The lowest BCUT2D eigenvalue weighted by atomic mass is 10.3. The van der Waals surface area contributed by atoms with E-state index in [0.717, 1.165) is 10.6 Å². The number of hydrogen-bond acceptors (Lipinski definition) is 5. The van der Waals surface area contributed by atoms with Gasteiger partial charge < -0.3 is 5.73 Å². The van der Waals surface area contributed by atoms with E-state index in [1.165, 1.54) is 11.3 Å². The first-order valence-corrected chi connectivity index (χ1v) is 8.52. The zero-order chi connectivity index (χ0) is 14.6. The molecule has 0 unspecified atom stereocenters. The number of thiophene rings is 1. The third kappa shape index (κ3) is 3.86. The van der Waals surface area contributed by atoms with E-state index < -0.39 is 10.0 Å². The summed E-state index contributed by atoms with van der Waals surface area (Å²) in [4.78, 5) is 5.24. The van der Waals surface area contributed by atoms with Crippen LogP contribution in [0, 0.1) is 6.92 Å². The average Bonchev–Trinajstić information content (AvgIpc) is 2.87. The third-order valence-corrected chi connectivity index (χ3v) is 5.72. The highest BCUT2D eigenvalue weighted by Gasteiger charge is 2.16. The van der Waals surface area contributed by atoms with Crippen molar-refractivity contribution in [3.63, 3.8) is 0 Å². The Morgan fingerprint density at radius 3 is 2.80 bits per heavy atom. The molecule has 0 aliphatic carbocycles. The summed E-state index contributed by atoms with van der Waals surface area (Å²) < 4.78 is 27.2. The van der Waals surface area contributed by atoms with Crippen LogP contribution in [0.15, 0.2) is 34.5 Å². The van der Waals surface area contributed by atoms with E-state index in [1.807, 2.05) is 19.1 Å². The second kappa shape index (κ2) is 6.45. The fraction of sp³-hybridized carbons (Fsp3) is 0.308. The van der Waals surface area contributed by atoms with E-state index in [2.05, 4.69) is 9.71 Å². The molecular formula is C13H17N3O2S2. The van der Waals surface area contributed by atoms with Crippen molar-refractivity contribution < 1.29 is 8.42 Å². The molecule has 0 fully saturated rings. The second-order valence-electron chi connectivity index (χ2n) is 4.35. The molecule has 2 aromatic rings. The number of nitrogens with one attached hydrogen (secondary N) is 1. The van der Waals surface area contributed by atoms with Crippen LogP contribution in [0.2, 0.25) is 0 Å². The molecular weight excluding hydrogens is 294 g/mol. The Balaban J connectivity index is 2.06. The SMILES string of the molecule is Cc1cccc(CNS(=O)(=O)c2ccc(CCN)s2)n1.